The van der Waals surface area contributed by atoms with Crippen LogP contribution in [0.2, 0.25) is 10.0 Å². The van der Waals surface area contributed by atoms with E-state index in [0.717, 1.165) is 45.8 Å². The summed E-state index contributed by atoms with van der Waals surface area (Å²) in [5.74, 6) is 0.788. The van der Waals surface area contributed by atoms with Crippen LogP contribution < -0.4 is 10.6 Å². The van der Waals surface area contributed by atoms with Crippen LogP contribution in [0.4, 0.5) is 0 Å². The minimum Gasteiger partial charge on any atom is -0.386 e. The van der Waals surface area contributed by atoms with E-state index in [9.17, 15) is 9.90 Å². The van der Waals surface area contributed by atoms with Crippen molar-refractivity contribution < 1.29 is 9.90 Å². The number of piperazine rings is 1. The van der Waals surface area contributed by atoms with E-state index in [2.05, 4.69) is 20.5 Å². The molecule has 9 heteroatoms. The fourth-order valence-corrected chi connectivity index (χ4v) is 3.55. The Hall–Kier alpha value is -1.54. The summed E-state index contributed by atoms with van der Waals surface area (Å²) in [5.41, 5.74) is 0.639. The molecular formula is C19H29Cl2N5O2. The van der Waals surface area contributed by atoms with Crippen molar-refractivity contribution in [1.82, 2.24) is 20.4 Å². The van der Waals surface area contributed by atoms with Gasteiger partial charge in [-0.05, 0) is 30.7 Å². The molecule has 1 aliphatic heterocycles. The number of halogens is 2. The van der Waals surface area contributed by atoms with E-state index < -0.39 is 6.10 Å². The summed E-state index contributed by atoms with van der Waals surface area (Å²) in [6.07, 6.45) is -0.786. The normalized spacial score (nSPS) is 16.8. The molecule has 0 bridgehead atoms. The Morgan fingerprint density at radius 1 is 1.18 bits per heavy atom. The highest BCUT2D eigenvalue weighted by molar-refractivity contribution is 6.34. The Balaban J connectivity index is 1.81. The monoisotopic (exact) mass is 429 g/mol. The number of carbonyl (C=O) groups is 1. The number of nitrogens with zero attached hydrogens (tertiary/aromatic N) is 3. The van der Waals surface area contributed by atoms with Crippen molar-refractivity contribution in [2.24, 2.45) is 4.99 Å². The van der Waals surface area contributed by atoms with Crippen LogP contribution in [0.1, 0.15) is 25.5 Å². The molecule has 1 aromatic rings. The number of aliphatic hydroxyl groups excluding tert-OH is 1. The van der Waals surface area contributed by atoms with Gasteiger partial charge in [-0.2, -0.15) is 0 Å². The number of rotatable bonds is 7. The van der Waals surface area contributed by atoms with Crippen molar-refractivity contribution in [1.29, 1.82) is 0 Å². The molecule has 1 atom stereocenters. The summed E-state index contributed by atoms with van der Waals surface area (Å²) in [6.45, 7) is 9.43. The molecule has 3 N–H and O–H groups in total. The molecule has 1 amide bonds. The average Bonchev–Trinajstić information content (AvgIpc) is 2.65. The molecule has 1 aliphatic rings. The average molecular weight is 430 g/mol. The fraction of sp³-hybridized carbons (Fsp3) is 0.579. The molecule has 1 fully saturated rings. The molecule has 0 radical (unpaired) electrons. The second kappa shape index (κ2) is 11.5. The lowest BCUT2D eigenvalue weighted by Crippen LogP contribution is -2.50. The maximum atomic E-state index is 11.4. The van der Waals surface area contributed by atoms with Crippen molar-refractivity contribution >= 4 is 35.1 Å². The number of carbonyl (C=O) groups excluding carboxylic acids is 1. The minimum absolute atomic E-state index is 0.138. The lowest BCUT2D eigenvalue weighted by molar-refractivity contribution is -0.130. The van der Waals surface area contributed by atoms with Gasteiger partial charge in [0.25, 0.3) is 0 Å². The van der Waals surface area contributed by atoms with Crippen LogP contribution in [0.5, 0.6) is 0 Å². The van der Waals surface area contributed by atoms with Crippen LogP contribution in [-0.4, -0.2) is 79.1 Å². The first kappa shape index (κ1) is 22.7. The van der Waals surface area contributed by atoms with Gasteiger partial charge in [-0.25, -0.2) is 0 Å². The van der Waals surface area contributed by atoms with Crippen molar-refractivity contribution in [2.75, 3.05) is 52.4 Å². The first-order chi connectivity index (χ1) is 13.4. The van der Waals surface area contributed by atoms with Crippen molar-refractivity contribution in [2.45, 2.75) is 20.0 Å². The minimum atomic E-state index is -0.786. The molecule has 1 saturated heterocycles. The number of amides is 1. The highest BCUT2D eigenvalue weighted by Gasteiger charge is 2.18. The Morgan fingerprint density at radius 2 is 1.82 bits per heavy atom. The first-order valence-electron chi connectivity index (χ1n) is 9.53. The molecule has 1 heterocycles. The third kappa shape index (κ3) is 7.47. The maximum Gasteiger partial charge on any atom is 0.219 e. The number of hydrogen-bond donors (Lipinski definition) is 3. The Bertz CT molecular complexity index is 658. The number of aliphatic imine (C=N–C) groups is 1. The smallest absolute Gasteiger partial charge is 0.219 e. The van der Waals surface area contributed by atoms with Gasteiger partial charge in [0.1, 0.15) is 0 Å². The van der Waals surface area contributed by atoms with Gasteiger partial charge in [0.2, 0.25) is 5.91 Å². The van der Waals surface area contributed by atoms with Gasteiger partial charge in [-0.3, -0.25) is 14.7 Å². The second-order valence-corrected chi connectivity index (χ2v) is 7.59. The van der Waals surface area contributed by atoms with Crippen LogP contribution >= 0.6 is 23.2 Å². The topological polar surface area (TPSA) is 80.2 Å². The van der Waals surface area contributed by atoms with Crippen molar-refractivity contribution in [3.63, 3.8) is 0 Å². The van der Waals surface area contributed by atoms with E-state index in [-0.39, 0.29) is 12.5 Å². The summed E-state index contributed by atoms with van der Waals surface area (Å²) in [5, 5.41) is 17.8. The third-order valence-corrected chi connectivity index (χ3v) is 5.01. The first-order valence-corrected chi connectivity index (χ1v) is 10.3. The number of nitrogens with one attached hydrogen (secondary N) is 2. The Morgan fingerprint density at radius 3 is 2.39 bits per heavy atom. The molecular weight excluding hydrogens is 401 g/mol. The van der Waals surface area contributed by atoms with Gasteiger partial charge in [0, 0.05) is 62.8 Å². The number of benzene rings is 1. The van der Waals surface area contributed by atoms with Gasteiger partial charge in [-0.1, -0.05) is 23.2 Å². The lowest BCUT2D eigenvalue weighted by atomic mass is 10.1. The molecule has 2 rings (SSSR count). The molecule has 1 unspecified atom stereocenters. The molecule has 0 spiro atoms. The van der Waals surface area contributed by atoms with Crippen LogP contribution in [0.15, 0.2) is 23.2 Å². The number of guanidine groups is 1. The van der Waals surface area contributed by atoms with Gasteiger partial charge in [0.05, 0.1) is 12.6 Å². The van der Waals surface area contributed by atoms with E-state index >= 15 is 0 Å². The molecule has 156 valence electrons. The quantitative estimate of drug-likeness (QED) is 0.454. The van der Waals surface area contributed by atoms with Gasteiger partial charge >= 0.3 is 0 Å². The van der Waals surface area contributed by atoms with Crippen molar-refractivity contribution in [3.8, 4) is 0 Å². The van der Waals surface area contributed by atoms with Crippen LogP contribution in [-0.2, 0) is 4.79 Å². The van der Waals surface area contributed by atoms with Gasteiger partial charge < -0.3 is 20.6 Å². The molecule has 0 saturated carbocycles. The molecule has 7 nitrogen and oxygen atoms in total. The molecule has 28 heavy (non-hydrogen) atoms. The van der Waals surface area contributed by atoms with Crippen molar-refractivity contribution in [3.05, 3.63) is 33.8 Å². The highest BCUT2D eigenvalue weighted by Crippen LogP contribution is 2.23. The molecule has 0 aliphatic carbocycles. The van der Waals surface area contributed by atoms with Gasteiger partial charge in [0.15, 0.2) is 5.96 Å². The number of hydrogen-bond acceptors (Lipinski definition) is 4. The zero-order chi connectivity index (χ0) is 20.5. The van der Waals surface area contributed by atoms with E-state index in [1.807, 2.05) is 11.8 Å². The second-order valence-electron chi connectivity index (χ2n) is 6.71. The van der Waals surface area contributed by atoms with Crippen LogP contribution in [0.3, 0.4) is 0 Å². The van der Waals surface area contributed by atoms with E-state index in [0.29, 0.717) is 21.6 Å². The third-order valence-electron chi connectivity index (χ3n) is 4.57. The predicted molar refractivity (Wildman–Crippen MR) is 114 cm³/mol. The van der Waals surface area contributed by atoms with Crippen LogP contribution in [0.25, 0.3) is 0 Å². The summed E-state index contributed by atoms with van der Waals surface area (Å²) < 4.78 is 0. The fourth-order valence-electron chi connectivity index (χ4n) is 3.01. The maximum absolute atomic E-state index is 11.4. The standard InChI is InChI=1S/C19H29Cl2N5O2/c1-3-22-19(23-4-5-25-6-8-26(9-7-25)14(2)27)24-13-18(28)15-10-16(20)12-17(21)11-15/h10-12,18,28H,3-9,13H2,1-2H3,(H2,22,23,24). The molecule has 0 aromatic heterocycles. The lowest BCUT2D eigenvalue weighted by Gasteiger charge is -2.34. The summed E-state index contributed by atoms with van der Waals surface area (Å²) in [6, 6.07) is 5.01. The molecule has 1 aromatic carbocycles. The zero-order valence-corrected chi connectivity index (χ0v) is 17.9. The van der Waals surface area contributed by atoms with E-state index in [4.69, 9.17) is 23.2 Å². The van der Waals surface area contributed by atoms with E-state index in [1.54, 1.807) is 25.1 Å². The largest absolute Gasteiger partial charge is 0.386 e. The van der Waals surface area contributed by atoms with Crippen LogP contribution in [0, 0.1) is 0 Å². The summed E-state index contributed by atoms with van der Waals surface area (Å²) in [7, 11) is 0. The highest BCUT2D eigenvalue weighted by atomic mass is 35.5. The SMILES string of the molecule is CCNC(=NCC(O)c1cc(Cl)cc(Cl)c1)NCCN1CCN(C(C)=O)CC1. The summed E-state index contributed by atoms with van der Waals surface area (Å²) >= 11 is 12.0. The Labute approximate surface area is 176 Å². The number of aliphatic hydroxyl groups is 1. The zero-order valence-electron chi connectivity index (χ0n) is 16.4. The summed E-state index contributed by atoms with van der Waals surface area (Å²) in [4.78, 5) is 20.0. The predicted octanol–water partition coefficient (Wildman–Crippen LogP) is 1.75. The Kier molecular flexibility index (Phi) is 9.31. The van der Waals surface area contributed by atoms with Gasteiger partial charge in [-0.15, -0.1) is 0 Å². The van der Waals surface area contributed by atoms with E-state index in [1.165, 1.54) is 0 Å².